The molecule has 0 radical (unpaired) electrons. The Morgan fingerprint density at radius 3 is 1.61 bits per heavy atom. The molecule has 252 valence electrons. The zero-order valence-electron chi connectivity index (χ0n) is 28.6. The number of unbranched alkanes of at least 4 members (excludes halogenated alkanes) is 12. The van der Waals surface area contributed by atoms with Gasteiger partial charge >= 0.3 is 88.7 Å². The minimum Gasteiger partial charge on any atom is -0.747 e. The molecule has 0 aromatic heterocycles. The van der Waals surface area contributed by atoms with Crippen molar-refractivity contribution in [1.29, 1.82) is 0 Å². The van der Waals surface area contributed by atoms with Crippen LogP contribution in [-0.2, 0) is 35.1 Å². The Labute approximate surface area is 354 Å². The Hall–Kier alpha value is 0.250. The van der Waals surface area contributed by atoms with Crippen LogP contribution in [0.2, 0.25) is 0 Å². The van der Waals surface area contributed by atoms with E-state index >= 15 is 0 Å². The molecule has 0 fully saturated rings. The fourth-order valence-corrected chi connectivity index (χ4v) is 8.93. The van der Waals surface area contributed by atoms with Gasteiger partial charge in [-0.1, -0.05) is 108 Å². The second-order valence-corrected chi connectivity index (χ2v) is 16.0. The van der Waals surface area contributed by atoms with E-state index in [1.54, 1.807) is 0 Å². The van der Waals surface area contributed by atoms with Gasteiger partial charge < -0.3 is 13.7 Å². The first kappa shape index (κ1) is 47.3. The van der Waals surface area contributed by atoms with Crippen molar-refractivity contribution in [1.82, 2.24) is 0 Å². The largest absolute Gasteiger partial charge is 1.00 e. The van der Waals surface area contributed by atoms with Gasteiger partial charge in [-0.3, -0.25) is 9.59 Å². The summed E-state index contributed by atoms with van der Waals surface area (Å²) in [5.74, 6) is -2.23. The van der Waals surface area contributed by atoms with E-state index in [-0.39, 0.29) is 122 Å². The van der Waals surface area contributed by atoms with E-state index < -0.39 is 67.8 Å². The first-order valence-electron chi connectivity index (χ1n) is 15.6. The molecule has 0 saturated carbocycles. The minimum atomic E-state index is -5.63. The van der Waals surface area contributed by atoms with Crippen LogP contribution in [0.3, 0.4) is 0 Å². The van der Waals surface area contributed by atoms with Crippen LogP contribution < -0.4 is 93.9 Å². The van der Waals surface area contributed by atoms with Gasteiger partial charge in [0, 0.05) is 22.6 Å². The van der Waals surface area contributed by atoms with Gasteiger partial charge in [0.1, 0.15) is 40.5 Å². The van der Waals surface area contributed by atoms with Crippen LogP contribution in [0.5, 0.6) is 0 Å². The molecule has 3 aromatic carbocycles. The van der Waals surface area contributed by atoms with Crippen molar-refractivity contribution >= 4 is 68.4 Å². The SMILES string of the molecule is CCCCCCCCCCCCCCCC(=O)c1cc(S(=O)(=O)[O-])c2ccc3c4c(ccc1c24)C(S(=O)(=O)[O-])C(=O)C=3S(=O)(=O)[O-].[Na+].[Na+].[Na+]. The molecule has 0 saturated heterocycles. The van der Waals surface area contributed by atoms with E-state index in [0.29, 0.717) is 6.42 Å². The predicted molar refractivity (Wildman–Crippen MR) is 170 cm³/mol. The van der Waals surface area contributed by atoms with Crippen molar-refractivity contribution < 1.29 is 137 Å². The molecule has 0 N–H and O–H groups in total. The molecule has 1 unspecified atom stereocenters. The zero-order valence-corrected chi connectivity index (χ0v) is 37.0. The summed E-state index contributed by atoms with van der Waals surface area (Å²) in [6, 6.07) is 5.18. The topological polar surface area (TPSA) is 206 Å². The second kappa shape index (κ2) is 20.1. The number of rotatable bonds is 18. The summed E-state index contributed by atoms with van der Waals surface area (Å²) in [6.45, 7) is 2.20. The number of carbonyl (C=O) groups is 2. The molecule has 0 heterocycles. The summed E-state index contributed by atoms with van der Waals surface area (Å²) in [6.07, 6.45) is 14.2. The van der Waals surface area contributed by atoms with Crippen LogP contribution >= 0.6 is 0 Å². The standard InChI is InChI=1S/C32H40O11S3.3Na/c1-2-3-4-5-6-7-8-9-10-11-12-13-14-15-26(33)25-20-27(44(35,36)37)22-17-19-24-29-23(18-16-21(25)28(22)29)31(45(38,39)40)30(34)32(24)46(41,42)43;;;/h16-20,31H,2-15H2,1H3,(H,35,36,37)(H,38,39,40)(H,41,42,43);;;/q;3*+1/p-3. The number of hydrogen-bond acceptors (Lipinski definition) is 11. The maximum atomic E-state index is 13.4. The summed E-state index contributed by atoms with van der Waals surface area (Å²) >= 11 is 0. The van der Waals surface area contributed by atoms with Gasteiger partial charge in [0.15, 0.2) is 11.6 Å². The van der Waals surface area contributed by atoms with Gasteiger partial charge in [-0.2, -0.15) is 0 Å². The first-order valence-corrected chi connectivity index (χ1v) is 19.9. The van der Waals surface area contributed by atoms with Gasteiger partial charge in [0.05, 0.1) is 4.90 Å². The molecule has 3 aromatic rings. The Bertz CT molecular complexity index is 2050. The van der Waals surface area contributed by atoms with Crippen LogP contribution in [0.25, 0.3) is 26.5 Å². The molecular formula is C32H37Na3O11S3. The number of benzene rings is 3. The summed E-state index contributed by atoms with van der Waals surface area (Å²) in [7, 11) is -16.4. The van der Waals surface area contributed by atoms with Crippen molar-refractivity contribution in [2.45, 2.75) is 107 Å². The molecule has 1 atom stereocenters. The zero-order chi connectivity index (χ0) is 33.9. The van der Waals surface area contributed by atoms with Crippen LogP contribution in [0, 0.1) is 0 Å². The third-order valence-corrected chi connectivity index (χ3v) is 11.5. The maximum Gasteiger partial charge on any atom is 1.00 e. The Balaban J connectivity index is 0.00000400. The van der Waals surface area contributed by atoms with E-state index in [4.69, 9.17) is 0 Å². The van der Waals surface area contributed by atoms with Gasteiger partial charge in [0.2, 0.25) is 0 Å². The monoisotopic (exact) mass is 762 g/mol. The molecule has 0 amide bonds. The Morgan fingerprint density at radius 2 is 1.14 bits per heavy atom. The molecule has 17 heteroatoms. The molecule has 0 aliphatic heterocycles. The third kappa shape index (κ3) is 11.4. The van der Waals surface area contributed by atoms with E-state index in [9.17, 15) is 48.5 Å². The number of hydrogen-bond donors (Lipinski definition) is 0. The van der Waals surface area contributed by atoms with E-state index in [1.807, 2.05) is 0 Å². The molecule has 1 aliphatic carbocycles. The minimum absolute atomic E-state index is 0. The molecule has 11 nitrogen and oxygen atoms in total. The van der Waals surface area contributed by atoms with E-state index in [0.717, 1.165) is 56.4 Å². The molecule has 49 heavy (non-hydrogen) atoms. The van der Waals surface area contributed by atoms with E-state index in [1.165, 1.54) is 51.0 Å². The summed E-state index contributed by atoms with van der Waals surface area (Å²) in [5.41, 5.74) is -0.648. The number of Topliss-reactive ketones (excluding diaryl/α,β-unsaturated/α-hetero) is 2. The smallest absolute Gasteiger partial charge is 0.747 e. The van der Waals surface area contributed by atoms with Gasteiger partial charge in [-0.05, 0) is 34.2 Å². The van der Waals surface area contributed by atoms with E-state index in [2.05, 4.69) is 6.92 Å². The summed E-state index contributed by atoms with van der Waals surface area (Å²) in [5, 5.41) is -3.93. The average molecular weight is 763 g/mol. The summed E-state index contributed by atoms with van der Waals surface area (Å²) < 4.78 is 110. The normalized spacial score (nSPS) is 14.7. The van der Waals surface area contributed by atoms with Gasteiger partial charge in [-0.25, -0.2) is 25.3 Å². The third-order valence-electron chi connectivity index (χ3n) is 8.63. The predicted octanol–water partition coefficient (Wildman–Crippen LogP) is -3.89. The number of carbonyl (C=O) groups excluding carboxylic acids is 2. The first-order chi connectivity index (χ1) is 21.6. The molecular weight excluding hydrogens is 726 g/mol. The fraction of sp³-hybridized carbons (Fsp3) is 0.500. The van der Waals surface area contributed by atoms with Crippen molar-refractivity contribution in [3.8, 4) is 0 Å². The molecule has 0 bridgehead atoms. The van der Waals surface area contributed by atoms with Crippen molar-refractivity contribution in [3.63, 3.8) is 0 Å². The van der Waals surface area contributed by atoms with Crippen LogP contribution in [-0.4, -0.2) is 50.5 Å². The van der Waals surface area contributed by atoms with Crippen LogP contribution in [0.4, 0.5) is 0 Å². The number of ketones is 2. The molecule has 1 aliphatic rings. The van der Waals surface area contributed by atoms with Crippen molar-refractivity contribution in [3.05, 3.63) is 46.7 Å². The van der Waals surface area contributed by atoms with Crippen molar-refractivity contribution in [2.75, 3.05) is 0 Å². The second-order valence-electron chi connectivity index (χ2n) is 11.9. The molecule has 4 rings (SSSR count). The quantitative estimate of drug-likeness (QED) is 0.0531. The van der Waals surface area contributed by atoms with Crippen LogP contribution in [0.1, 0.15) is 118 Å². The van der Waals surface area contributed by atoms with Crippen molar-refractivity contribution in [2.24, 2.45) is 0 Å². The van der Waals surface area contributed by atoms with Gasteiger partial charge in [0.25, 0.3) is 0 Å². The Morgan fingerprint density at radius 1 is 0.653 bits per heavy atom. The van der Waals surface area contributed by atoms with Crippen LogP contribution in [0.15, 0.2) is 35.2 Å². The fourth-order valence-electron chi connectivity index (χ4n) is 6.46. The molecule has 0 spiro atoms. The average Bonchev–Trinajstić information content (AvgIpc) is 2.95. The maximum absolute atomic E-state index is 13.4. The Kier molecular flexibility index (Phi) is 19.4. The van der Waals surface area contributed by atoms with Gasteiger partial charge in [-0.15, -0.1) is 0 Å². The summed E-state index contributed by atoms with van der Waals surface area (Å²) in [4.78, 5) is 24.1.